The molecule has 0 saturated heterocycles. The van der Waals surface area contributed by atoms with E-state index in [9.17, 15) is 4.79 Å². The maximum atomic E-state index is 12.1. The highest BCUT2D eigenvalue weighted by molar-refractivity contribution is 8.00. The number of aromatic nitrogens is 3. The Kier molecular flexibility index (Phi) is 6.64. The summed E-state index contributed by atoms with van der Waals surface area (Å²) in [6.45, 7) is 15.3. The number of amides is 1. The molecule has 1 aromatic carbocycles. The summed E-state index contributed by atoms with van der Waals surface area (Å²) in [6.07, 6.45) is 1.67. The molecule has 0 fully saturated rings. The summed E-state index contributed by atoms with van der Waals surface area (Å²) in [5.41, 5.74) is 2.43. The van der Waals surface area contributed by atoms with E-state index in [0.29, 0.717) is 6.54 Å². The highest BCUT2D eigenvalue weighted by Crippen LogP contribution is 2.29. The number of hydrogen-bond acceptors (Lipinski definition) is 4. The molecule has 1 amide bonds. The van der Waals surface area contributed by atoms with Crippen molar-refractivity contribution in [3.63, 3.8) is 0 Å². The minimum Gasteiger partial charge on any atom is -0.352 e. The van der Waals surface area contributed by atoms with Crippen molar-refractivity contribution in [3.8, 4) is 11.4 Å². The van der Waals surface area contributed by atoms with Gasteiger partial charge in [-0.3, -0.25) is 4.79 Å². The van der Waals surface area contributed by atoms with Gasteiger partial charge in [-0.2, -0.15) is 0 Å². The Morgan fingerprint density at radius 3 is 2.50 bits per heavy atom. The topological polar surface area (TPSA) is 59.8 Å². The molecule has 26 heavy (non-hydrogen) atoms. The SMILES string of the molecule is C=CCNC(=O)C(C)Sc1nnc(-c2ccc(C(C)(C)C)cc2)n1CC. The van der Waals surface area contributed by atoms with Crippen molar-refractivity contribution >= 4 is 17.7 Å². The molecule has 5 nitrogen and oxygen atoms in total. The Bertz CT molecular complexity index is 759. The van der Waals surface area contributed by atoms with E-state index in [-0.39, 0.29) is 16.6 Å². The second-order valence-electron chi connectivity index (χ2n) is 7.17. The normalized spacial score (nSPS) is 12.7. The van der Waals surface area contributed by atoms with E-state index < -0.39 is 0 Å². The second kappa shape index (κ2) is 8.54. The number of carbonyl (C=O) groups is 1. The lowest BCUT2D eigenvalue weighted by molar-refractivity contribution is -0.120. The monoisotopic (exact) mass is 372 g/mol. The number of carbonyl (C=O) groups excluding carboxylic acids is 1. The van der Waals surface area contributed by atoms with Gasteiger partial charge in [-0.25, -0.2) is 0 Å². The molecule has 1 unspecified atom stereocenters. The van der Waals surface area contributed by atoms with Gasteiger partial charge < -0.3 is 9.88 Å². The fraction of sp³-hybridized carbons (Fsp3) is 0.450. The number of rotatable bonds is 7. The third-order valence-corrected chi connectivity index (χ3v) is 5.19. The van der Waals surface area contributed by atoms with Crippen LogP contribution in [0, 0.1) is 0 Å². The predicted octanol–water partition coefficient (Wildman–Crippen LogP) is 4.05. The quantitative estimate of drug-likeness (QED) is 0.588. The molecular formula is C20H28N4OS. The number of hydrogen-bond donors (Lipinski definition) is 1. The number of nitrogens with one attached hydrogen (secondary N) is 1. The van der Waals surface area contributed by atoms with Gasteiger partial charge in [-0.05, 0) is 24.8 Å². The van der Waals surface area contributed by atoms with Crippen molar-refractivity contribution < 1.29 is 4.79 Å². The largest absolute Gasteiger partial charge is 0.352 e. The molecule has 0 aliphatic carbocycles. The number of benzene rings is 1. The van der Waals surface area contributed by atoms with Crippen LogP contribution in [-0.2, 0) is 16.8 Å². The van der Waals surface area contributed by atoms with Crippen molar-refractivity contribution in [3.05, 3.63) is 42.5 Å². The van der Waals surface area contributed by atoms with Gasteiger partial charge in [0, 0.05) is 18.7 Å². The van der Waals surface area contributed by atoms with Crippen LogP contribution in [0.1, 0.15) is 40.2 Å². The van der Waals surface area contributed by atoms with Crippen LogP contribution < -0.4 is 5.32 Å². The molecule has 2 rings (SSSR count). The summed E-state index contributed by atoms with van der Waals surface area (Å²) in [5, 5.41) is 12.0. The molecule has 1 aromatic heterocycles. The lowest BCUT2D eigenvalue weighted by Crippen LogP contribution is -2.31. The summed E-state index contributed by atoms with van der Waals surface area (Å²) in [4.78, 5) is 12.1. The molecule has 1 heterocycles. The van der Waals surface area contributed by atoms with Gasteiger partial charge in [-0.1, -0.05) is 62.9 Å². The van der Waals surface area contributed by atoms with E-state index in [1.165, 1.54) is 17.3 Å². The first-order valence-electron chi connectivity index (χ1n) is 8.87. The van der Waals surface area contributed by atoms with Crippen LogP contribution >= 0.6 is 11.8 Å². The van der Waals surface area contributed by atoms with E-state index in [4.69, 9.17) is 0 Å². The molecule has 1 N–H and O–H groups in total. The lowest BCUT2D eigenvalue weighted by Gasteiger charge is -2.19. The summed E-state index contributed by atoms with van der Waals surface area (Å²) in [5.74, 6) is 0.797. The lowest BCUT2D eigenvalue weighted by atomic mass is 9.87. The highest BCUT2D eigenvalue weighted by Gasteiger charge is 2.20. The Morgan fingerprint density at radius 1 is 1.31 bits per heavy atom. The van der Waals surface area contributed by atoms with Crippen molar-refractivity contribution in [2.75, 3.05) is 6.54 Å². The average Bonchev–Trinajstić information content (AvgIpc) is 3.01. The van der Waals surface area contributed by atoms with Gasteiger partial charge >= 0.3 is 0 Å². The van der Waals surface area contributed by atoms with Gasteiger partial charge in [0.1, 0.15) is 0 Å². The molecule has 1 atom stereocenters. The Hall–Kier alpha value is -2.08. The van der Waals surface area contributed by atoms with E-state index in [1.807, 2.05) is 11.5 Å². The molecule has 2 aromatic rings. The Labute approximate surface area is 160 Å². The van der Waals surface area contributed by atoms with Gasteiger partial charge in [0.05, 0.1) is 5.25 Å². The Balaban J connectivity index is 2.22. The first-order valence-corrected chi connectivity index (χ1v) is 9.75. The minimum atomic E-state index is -0.249. The zero-order valence-electron chi connectivity index (χ0n) is 16.2. The minimum absolute atomic E-state index is 0.0309. The predicted molar refractivity (Wildman–Crippen MR) is 108 cm³/mol. The molecule has 0 saturated carbocycles. The van der Waals surface area contributed by atoms with Crippen LogP contribution in [0.2, 0.25) is 0 Å². The van der Waals surface area contributed by atoms with Crippen LogP contribution in [0.25, 0.3) is 11.4 Å². The van der Waals surface area contributed by atoms with Crippen LogP contribution in [0.15, 0.2) is 42.1 Å². The molecule has 0 aliphatic heterocycles. The highest BCUT2D eigenvalue weighted by atomic mass is 32.2. The third-order valence-electron chi connectivity index (χ3n) is 4.11. The molecule has 6 heteroatoms. The van der Waals surface area contributed by atoms with Crippen LogP contribution in [0.5, 0.6) is 0 Å². The molecule has 140 valence electrons. The molecule has 0 spiro atoms. The molecule has 0 aliphatic rings. The van der Waals surface area contributed by atoms with Crippen molar-refractivity contribution in [1.82, 2.24) is 20.1 Å². The smallest absolute Gasteiger partial charge is 0.233 e. The number of nitrogens with zero attached hydrogens (tertiary/aromatic N) is 3. The second-order valence-corrected chi connectivity index (χ2v) is 8.48. The maximum absolute atomic E-state index is 12.1. The van der Waals surface area contributed by atoms with E-state index in [1.54, 1.807) is 6.08 Å². The van der Waals surface area contributed by atoms with Crippen LogP contribution in [-0.4, -0.2) is 32.5 Å². The average molecular weight is 373 g/mol. The first-order chi connectivity index (χ1) is 12.3. The summed E-state index contributed by atoms with van der Waals surface area (Å²) in [6, 6.07) is 8.46. The number of thioether (sulfide) groups is 1. The maximum Gasteiger partial charge on any atom is 0.233 e. The van der Waals surface area contributed by atoms with Gasteiger partial charge in [0.2, 0.25) is 5.91 Å². The fourth-order valence-electron chi connectivity index (χ4n) is 2.52. The fourth-order valence-corrected chi connectivity index (χ4v) is 3.46. The van der Waals surface area contributed by atoms with Gasteiger partial charge in [0.15, 0.2) is 11.0 Å². The van der Waals surface area contributed by atoms with E-state index in [2.05, 4.69) is 74.1 Å². The van der Waals surface area contributed by atoms with Crippen LogP contribution in [0.3, 0.4) is 0 Å². The zero-order chi connectivity index (χ0) is 19.3. The standard InChI is InChI=1S/C20H28N4OS/c1-7-13-21-18(25)14(3)26-19-23-22-17(24(19)8-2)15-9-11-16(12-10-15)20(4,5)6/h7,9-12,14H,1,8,13H2,2-6H3,(H,21,25). The summed E-state index contributed by atoms with van der Waals surface area (Å²) in [7, 11) is 0. The van der Waals surface area contributed by atoms with Crippen LogP contribution in [0.4, 0.5) is 0 Å². The molecule has 0 bridgehead atoms. The Morgan fingerprint density at radius 2 is 1.96 bits per heavy atom. The van der Waals surface area contributed by atoms with E-state index in [0.717, 1.165) is 23.1 Å². The van der Waals surface area contributed by atoms with Gasteiger partial charge in [-0.15, -0.1) is 16.8 Å². The van der Waals surface area contributed by atoms with Crippen molar-refractivity contribution in [2.45, 2.75) is 57.0 Å². The van der Waals surface area contributed by atoms with Crippen molar-refractivity contribution in [2.24, 2.45) is 0 Å². The van der Waals surface area contributed by atoms with Crippen molar-refractivity contribution in [1.29, 1.82) is 0 Å². The third kappa shape index (κ3) is 4.75. The molecule has 0 radical (unpaired) electrons. The summed E-state index contributed by atoms with van der Waals surface area (Å²) < 4.78 is 2.05. The van der Waals surface area contributed by atoms with Gasteiger partial charge in [0.25, 0.3) is 0 Å². The first kappa shape index (κ1) is 20.2. The molecular weight excluding hydrogens is 344 g/mol. The summed E-state index contributed by atoms with van der Waals surface area (Å²) >= 11 is 1.42. The zero-order valence-corrected chi connectivity index (χ0v) is 17.1. The van der Waals surface area contributed by atoms with E-state index >= 15 is 0 Å².